The zero-order valence-corrected chi connectivity index (χ0v) is 18.2. The second-order valence-corrected chi connectivity index (χ2v) is 8.07. The Hall–Kier alpha value is -4.23. The maximum absolute atomic E-state index is 13.3. The topological polar surface area (TPSA) is 86.3 Å². The van der Waals surface area contributed by atoms with Crippen LogP contribution in [0.2, 0.25) is 0 Å². The molecule has 0 aliphatic carbocycles. The predicted octanol–water partition coefficient (Wildman–Crippen LogP) is 4.39. The van der Waals surface area contributed by atoms with Crippen LogP contribution in [0.25, 0.3) is 21.9 Å². The third-order valence-corrected chi connectivity index (χ3v) is 6.11. The molecule has 7 heteroatoms. The summed E-state index contributed by atoms with van der Waals surface area (Å²) in [6.45, 7) is 0.310. The number of carbonyl (C=O) groups excluding carboxylic acids is 1. The van der Waals surface area contributed by atoms with Gasteiger partial charge in [0.2, 0.25) is 13.6 Å². The number of aliphatic hydroxyl groups excluding tert-OH is 1. The van der Waals surface area contributed by atoms with E-state index in [0.717, 1.165) is 21.9 Å². The maximum Gasteiger partial charge on any atom is 0.251 e. The third kappa shape index (κ3) is 3.38. The van der Waals surface area contributed by atoms with Crippen molar-refractivity contribution in [1.82, 2.24) is 5.32 Å². The van der Waals surface area contributed by atoms with Crippen molar-refractivity contribution < 1.29 is 28.8 Å². The lowest BCUT2D eigenvalue weighted by Gasteiger charge is -2.18. The van der Waals surface area contributed by atoms with Crippen molar-refractivity contribution in [1.29, 1.82) is 0 Å². The summed E-state index contributed by atoms with van der Waals surface area (Å²) in [5.41, 5.74) is 3.37. The van der Waals surface area contributed by atoms with Gasteiger partial charge in [0.25, 0.3) is 5.91 Å². The Balaban J connectivity index is 1.53. The fourth-order valence-corrected chi connectivity index (χ4v) is 4.50. The predicted molar refractivity (Wildman–Crippen MR) is 125 cm³/mol. The first kappa shape index (κ1) is 20.4. The Morgan fingerprint density at radius 3 is 2.47 bits per heavy atom. The van der Waals surface area contributed by atoms with Gasteiger partial charge in [-0.25, -0.2) is 0 Å². The molecule has 2 heterocycles. The van der Waals surface area contributed by atoms with Gasteiger partial charge in [0.1, 0.15) is 0 Å². The van der Waals surface area contributed by atoms with E-state index in [4.69, 9.17) is 18.9 Å². The molecule has 2 N–H and O–H groups in total. The maximum atomic E-state index is 13.3. The van der Waals surface area contributed by atoms with Gasteiger partial charge in [0.15, 0.2) is 23.0 Å². The van der Waals surface area contributed by atoms with Crippen molar-refractivity contribution in [2.75, 3.05) is 13.6 Å². The SMILES string of the molecule is O=C(NCc1ccccc1)c1cc2ccc3c(c2c(-c2ccc4c(c2)OCO4)c1CO)OCO3. The average Bonchev–Trinajstić information content (AvgIpc) is 3.55. The molecule has 0 spiro atoms. The van der Waals surface area contributed by atoms with Gasteiger partial charge in [-0.15, -0.1) is 0 Å². The molecule has 1 amide bonds. The van der Waals surface area contributed by atoms with E-state index in [1.54, 1.807) is 6.07 Å². The highest BCUT2D eigenvalue weighted by molar-refractivity contribution is 6.10. The van der Waals surface area contributed by atoms with Crippen LogP contribution in [0.15, 0.2) is 66.7 Å². The summed E-state index contributed by atoms with van der Waals surface area (Å²) in [6.07, 6.45) is 0. The fraction of sp³-hybridized carbons (Fsp3) is 0.148. The van der Waals surface area contributed by atoms with Crippen molar-refractivity contribution in [2.24, 2.45) is 0 Å². The molecule has 34 heavy (non-hydrogen) atoms. The second kappa shape index (κ2) is 8.28. The number of hydrogen-bond donors (Lipinski definition) is 2. The number of hydrogen-bond acceptors (Lipinski definition) is 6. The summed E-state index contributed by atoms with van der Waals surface area (Å²) in [6, 6.07) is 20.8. The van der Waals surface area contributed by atoms with Crippen LogP contribution in [0.4, 0.5) is 0 Å². The van der Waals surface area contributed by atoms with Crippen LogP contribution in [0.1, 0.15) is 21.5 Å². The van der Waals surface area contributed by atoms with Crippen LogP contribution in [0.3, 0.4) is 0 Å². The number of fused-ring (bicyclic) bond motifs is 4. The molecule has 0 radical (unpaired) electrons. The number of carbonyl (C=O) groups is 1. The Kier molecular flexibility index (Phi) is 4.96. The average molecular weight is 455 g/mol. The van der Waals surface area contributed by atoms with Gasteiger partial charge in [-0.3, -0.25) is 4.79 Å². The van der Waals surface area contributed by atoms with Crippen LogP contribution in [-0.2, 0) is 13.2 Å². The van der Waals surface area contributed by atoms with E-state index in [1.165, 1.54) is 0 Å². The van der Waals surface area contributed by atoms with Gasteiger partial charge in [-0.2, -0.15) is 0 Å². The highest BCUT2D eigenvalue weighted by Gasteiger charge is 2.26. The molecule has 0 fully saturated rings. The quantitative estimate of drug-likeness (QED) is 0.464. The normalized spacial score (nSPS) is 13.3. The van der Waals surface area contributed by atoms with Crippen molar-refractivity contribution in [3.05, 3.63) is 83.4 Å². The molecule has 0 bridgehead atoms. The largest absolute Gasteiger partial charge is 0.454 e. The Morgan fingerprint density at radius 2 is 1.62 bits per heavy atom. The minimum Gasteiger partial charge on any atom is -0.454 e. The van der Waals surface area contributed by atoms with Gasteiger partial charge >= 0.3 is 0 Å². The summed E-state index contributed by atoms with van der Waals surface area (Å²) in [7, 11) is 0. The van der Waals surface area contributed by atoms with Crippen LogP contribution in [0.5, 0.6) is 23.0 Å². The minimum atomic E-state index is -0.335. The molecular weight excluding hydrogens is 434 g/mol. The standard InChI is InChI=1S/C27H21NO6/c29-13-20-19(27(30)28-12-16-4-2-1-3-5-16)10-17-7-9-22-26(34-15-32-22)25(17)24(20)18-6-8-21-23(11-18)33-14-31-21/h1-11,29H,12-15H2,(H,28,30). The van der Waals surface area contributed by atoms with Gasteiger partial charge in [0.05, 0.1) is 6.61 Å². The highest BCUT2D eigenvalue weighted by atomic mass is 16.7. The van der Waals surface area contributed by atoms with Crippen LogP contribution < -0.4 is 24.3 Å². The van der Waals surface area contributed by atoms with E-state index >= 15 is 0 Å². The molecule has 0 aromatic heterocycles. The monoisotopic (exact) mass is 455 g/mol. The van der Waals surface area contributed by atoms with Crippen molar-refractivity contribution >= 4 is 16.7 Å². The third-order valence-electron chi connectivity index (χ3n) is 6.11. The van der Waals surface area contributed by atoms with E-state index in [-0.39, 0.29) is 26.1 Å². The summed E-state index contributed by atoms with van der Waals surface area (Å²) in [4.78, 5) is 13.3. The van der Waals surface area contributed by atoms with Crippen LogP contribution in [0, 0.1) is 0 Å². The lowest BCUT2D eigenvalue weighted by atomic mass is 9.88. The zero-order chi connectivity index (χ0) is 23.1. The smallest absolute Gasteiger partial charge is 0.251 e. The second-order valence-electron chi connectivity index (χ2n) is 8.07. The molecule has 0 saturated carbocycles. The molecule has 0 atom stereocenters. The summed E-state index contributed by atoms with van der Waals surface area (Å²) in [5.74, 6) is 2.21. The lowest BCUT2D eigenvalue weighted by molar-refractivity contribution is 0.0948. The summed E-state index contributed by atoms with van der Waals surface area (Å²) in [5, 5.41) is 15.0. The van der Waals surface area contributed by atoms with Gasteiger partial charge in [-0.1, -0.05) is 42.5 Å². The number of benzene rings is 4. The molecule has 170 valence electrons. The van der Waals surface area contributed by atoms with E-state index in [9.17, 15) is 9.90 Å². The fourth-order valence-electron chi connectivity index (χ4n) is 4.50. The Labute approximate surface area is 195 Å². The number of nitrogens with one attached hydrogen (secondary N) is 1. The van der Waals surface area contributed by atoms with E-state index in [2.05, 4.69) is 5.32 Å². The Bertz CT molecular complexity index is 1420. The molecular formula is C27H21NO6. The lowest BCUT2D eigenvalue weighted by Crippen LogP contribution is -2.24. The highest BCUT2D eigenvalue weighted by Crippen LogP contribution is 2.47. The molecule has 0 unspecified atom stereocenters. The molecule has 6 rings (SSSR count). The minimum absolute atomic E-state index is 0.114. The molecule has 2 aliphatic rings. The molecule has 4 aromatic carbocycles. The first-order chi connectivity index (χ1) is 16.7. The van der Waals surface area contributed by atoms with Crippen molar-refractivity contribution in [3.63, 3.8) is 0 Å². The van der Waals surface area contributed by atoms with Crippen molar-refractivity contribution in [2.45, 2.75) is 13.2 Å². The molecule has 2 aliphatic heterocycles. The number of rotatable bonds is 5. The first-order valence-corrected chi connectivity index (χ1v) is 10.9. The van der Waals surface area contributed by atoms with E-state index < -0.39 is 0 Å². The number of aliphatic hydroxyl groups is 1. The number of amides is 1. The van der Waals surface area contributed by atoms with Gasteiger partial charge < -0.3 is 29.4 Å². The van der Waals surface area contributed by atoms with E-state index in [1.807, 2.05) is 60.7 Å². The molecule has 4 aromatic rings. The summed E-state index contributed by atoms with van der Waals surface area (Å²) >= 11 is 0. The first-order valence-electron chi connectivity index (χ1n) is 10.9. The van der Waals surface area contributed by atoms with Gasteiger partial charge in [-0.05, 0) is 51.9 Å². The van der Waals surface area contributed by atoms with E-state index in [0.29, 0.717) is 46.2 Å². The van der Waals surface area contributed by atoms with Crippen LogP contribution >= 0.6 is 0 Å². The summed E-state index contributed by atoms with van der Waals surface area (Å²) < 4.78 is 22.5. The number of ether oxygens (including phenoxy) is 4. The molecule has 0 saturated heterocycles. The molecule has 7 nitrogen and oxygen atoms in total. The van der Waals surface area contributed by atoms with Crippen LogP contribution in [-0.4, -0.2) is 24.6 Å². The van der Waals surface area contributed by atoms with Gasteiger partial charge in [0, 0.05) is 17.5 Å². The zero-order valence-electron chi connectivity index (χ0n) is 18.2. The Morgan fingerprint density at radius 1 is 0.853 bits per heavy atom. The van der Waals surface area contributed by atoms with Crippen molar-refractivity contribution in [3.8, 4) is 34.1 Å².